The summed E-state index contributed by atoms with van der Waals surface area (Å²) in [6, 6.07) is 18.2. The largest absolute Gasteiger partial charge is 0.512 e. The number of aryl methyl sites for hydroxylation is 1. The van der Waals surface area contributed by atoms with Gasteiger partial charge >= 0.3 is 0 Å². The van der Waals surface area contributed by atoms with E-state index in [0.717, 1.165) is 64.4 Å². The van der Waals surface area contributed by atoms with E-state index in [2.05, 4.69) is 55.9 Å². The van der Waals surface area contributed by atoms with Crippen LogP contribution in [0.1, 0.15) is 86.6 Å². The second-order valence-corrected chi connectivity index (χ2v) is 13.9. The Kier molecular flexibility index (Phi) is 12.5. The Morgan fingerprint density at radius 3 is 2.29 bits per heavy atom. The molecule has 0 amide bonds. The number of rotatable bonds is 9. The molecule has 0 unspecified atom stereocenters. The van der Waals surface area contributed by atoms with Gasteiger partial charge in [-0.15, -0.1) is 41.0 Å². The fourth-order valence-corrected chi connectivity index (χ4v) is 7.01. The van der Waals surface area contributed by atoms with Crippen LogP contribution in [0, 0.1) is 30.2 Å². The molecule has 4 nitrogen and oxygen atoms in total. The van der Waals surface area contributed by atoms with Gasteiger partial charge in [-0.3, -0.25) is 9.78 Å². The van der Waals surface area contributed by atoms with Crippen LogP contribution >= 0.6 is 11.3 Å². The molecular weight excluding hydrogens is 753 g/mol. The second kappa shape index (κ2) is 16.1. The number of nitrogens with zero attached hydrogens (tertiary/aromatic N) is 2. The smallest absolute Gasteiger partial charge is 0.162 e. The molecule has 5 aromatic rings. The molecule has 5 rings (SSSR count). The Morgan fingerprint density at radius 2 is 1.64 bits per heavy atom. The monoisotopic (exact) mass is 801 g/mol. The zero-order valence-electron chi connectivity index (χ0n) is 28.9. The van der Waals surface area contributed by atoms with E-state index in [4.69, 9.17) is 1.37 Å². The molecular formula is C39H47IrN2O2S-. The Bertz CT molecular complexity index is 1830. The summed E-state index contributed by atoms with van der Waals surface area (Å²) < 4.78 is 10.8. The van der Waals surface area contributed by atoms with Gasteiger partial charge in [-0.1, -0.05) is 89.7 Å². The van der Waals surface area contributed by atoms with Crippen molar-refractivity contribution in [2.75, 3.05) is 0 Å². The van der Waals surface area contributed by atoms with Gasteiger partial charge < -0.3 is 5.11 Å². The molecule has 3 aromatic carbocycles. The van der Waals surface area contributed by atoms with E-state index in [9.17, 15) is 9.90 Å². The Labute approximate surface area is 288 Å². The van der Waals surface area contributed by atoms with E-state index in [1.165, 1.54) is 27.3 Å². The number of aliphatic hydroxyl groups excluding tert-OH is 1. The summed E-state index contributed by atoms with van der Waals surface area (Å²) in [6.07, 6.45) is 7.58. The zero-order valence-corrected chi connectivity index (χ0v) is 31.1. The molecule has 1 N–H and O–H groups in total. The van der Waals surface area contributed by atoms with E-state index < -0.39 is 0 Å². The molecule has 0 saturated carbocycles. The summed E-state index contributed by atoms with van der Waals surface area (Å²) in [5.41, 5.74) is 5.66. The number of hydrogen-bond acceptors (Lipinski definition) is 5. The minimum absolute atomic E-state index is 0. The van der Waals surface area contributed by atoms with Crippen molar-refractivity contribution >= 4 is 48.2 Å². The number of benzene rings is 3. The van der Waals surface area contributed by atoms with Crippen molar-refractivity contribution in [3.63, 3.8) is 0 Å². The van der Waals surface area contributed by atoms with Gasteiger partial charge in [0.1, 0.15) is 6.33 Å². The van der Waals surface area contributed by atoms with E-state index in [0.29, 0.717) is 6.04 Å². The first-order valence-corrected chi connectivity index (χ1v) is 16.8. The summed E-state index contributed by atoms with van der Waals surface area (Å²) in [5, 5.41) is 12.8. The Morgan fingerprint density at radius 1 is 0.978 bits per heavy atom. The first-order chi connectivity index (χ1) is 21.4. The number of aliphatic hydroxyl groups is 1. The molecule has 1 radical (unpaired) electrons. The molecule has 0 aliphatic carbocycles. The Balaban J connectivity index is 0.000000309. The molecule has 45 heavy (non-hydrogen) atoms. The number of thiophene rings is 1. The predicted molar refractivity (Wildman–Crippen MR) is 188 cm³/mol. The van der Waals surface area contributed by atoms with E-state index >= 15 is 0 Å². The SMILES string of the molecule is CCC(CC)C(=O)/C=C(\O)C(CC)CC.[2H]c1cc(-c2ncnc3c2sc2c(C)c(CC(C)(C)C)ccc23)[c-]c2ccccc12.[Ir]. The van der Waals surface area contributed by atoms with Gasteiger partial charge in [0.25, 0.3) is 0 Å². The molecule has 0 spiro atoms. The quantitative estimate of drug-likeness (QED) is 0.0916. The van der Waals surface area contributed by atoms with Gasteiger partial charge in [-0.25, -0.2) is 4.98 Å². The third kappa shape index (κ3) is 8.67. The van der Waals surface area contributed by atoms with Crippen LogP contribution in [0.25, 0.3) is 42.3 Å². The van der Waals surface area contributed by atoms with Gasteiger partial charge in [0.15, 0.2) is 5.78 Å². The summed E-state index contributed by atoms with van der Waals surface area (Å²) in [5.74, 6) is 0.547. The van der Waals surface area contributed by atoms with Crippen LogP contribution < -0.4 is 0 Å². The minimum Gasteiger partial charge on any atom is -0.512 e. The molecule has 0 bridgehead atoms. The fourth-order valence-electron chi connectivity index (χ4n) is 5.73. The van der Waals surface area contributed by atoms with Crippen LogP contribution in [-0.2, 0) is 31.3 Å². The van der Waals surface area contributed by atoms with Crippen molar-refractivity contribution in [2.24, 2.45) is 17.3 Å². The van der Waals surface area contributed by atoms with Gasteiger partial charge in [-0.05, 0) is 55.6 Å². The number of carbonyl (C=O) groups is 1. The summed E-state index contributed by atoms with van der Waals surface area (Å²) in [7, 11) is 0. The summed E-state index contributed by atoms with van der Waals surface area (Å²) in [4.78, 5) is 21.0. The first-order valence-electron chi connectivity index (χ1n) is 16.4. The molecule has 0 atom stereocenters. The third-order valence-electron chi connectivity index (χ3n) is 8.41. The van der Waals surface area contributed by atoms with Crippen LogP contribution in [0.2, 0.25) is 0 Å². The van der Waals surface area contributed by atoms with Crippen LogP contribution in [0.15, 0.2) is 66.7 Å². The number of aromatic nitrogens is 2. The third-order valence-corrected chi connectivity index (χ3v) is 9.73. The topological polar surface area (TPSA) is 63.1 Å². The summed E-state index contributed by atoms with van der Waals surface area (Å²) >= 11 is 1.75. The van der Waals surface area contributed by atoms with E-state index in [-0.39, 0.29) is 48.9 Å². The van der Waals surface area contributed by atoms with E-state index in [1.807, 2.05) is 58.0 Å². The van der Waals surface area contributed by atoms with Crippen molar-refractivity contribution < 1.29 is 31.4 Å². The fraction of sp³-hybridized carbons (Fsp3) is 0.410. The number of fused-ring (bicyclic) bond motifs is 4. The van der Waals surface area contributed by atoms with Gasteiger partial charge in [0.2, 0.25) is 0 Å². The van der Waals surface area contributed by atoms with Crippen molar-refractivity contribution in [2.45, 2.75) is 87.5 Å². The van der Waals surface area contributed by atoms with Crippen molar-refractivity contribution in [1.29, 1.82) is 0 Å². The Hall–Kier alpha value is -2.92. The number of carbonyl (C=O) groups excluding carboxylic acids is 1. The van der Waals surface area contributed by atoms with Crippen molar-refractivity contribution in [3.8, 4) is 11.3 Å². The van der Waals surface area contributed by atoms with Gasteiger partial charge in [0, 0.05) is 59.9 Å². The first kappa shape index (κ1) is 34.9. The number of hydrogen-bond donors (Lipinski definition) is 1. The minimum atomic E-state index is 0. The van der Waals surface area contributed by atoms with Gasteiger partial charge in [-0.2, -0.15) is 0 Å². The van der Waals surface area contributed by atoms with Crippen LogP contribution in [0.4, 0.5) is 0 Å². The number of allylic oxidation sites excluding steroid dienone is 2. The van der Waals surface area contributed by atoms with Crippen LogP contribution in [-0.4, -0.2) is 20.9 Å². The maximum Gasteiger partial charge on any atom is 0.162 e. The van der Waals surface area contributed by atoms with E-state index in [1.54, 1.807) is 17.7 Å². The van der Waals surface area contributed by atoms with Gasteiger partial charge in [0.05, 0.1) is 11.3 Å². The van der Waals surface area contributed by atoms with Crippen LogP contribution in [0.3, 0.4) is 0 Å². The molecule has 6 heteroatoms. The molecule has 2 heterocycles. The summed E-state index contributed by atoms with van der Waals surface area (Å²) in [6.45, 7) is 17.1. The molecule has 241 valence electrons. The average Bonchev–Trinajstić information content (AvgIpc) is 3.39. The predicted octanol–water partition coefficient (Wildman–Crippen LogP) is 11.2. The average molecular weight is 801 g/mol. The molecule has 0 saturated heterocycles. The van der Waals surface area contributed by atoms with Crippen molar-refractivity contribution in [1.82, 2.24) is 9.97 Å². The molecule has 0 aliphatic rings. The standard InChI is InChI=1S/C26H23N2S.C13H24O2.Ir/c1-16-20(14-26(2,3)4)11-12-21-23-25(29-24(16)21)22(27-15-28-23)19-10-9-17-7-5-6-8-18(17)13-19;1-5-10(6-2)12(14)9-13(15)11(7-3)8-4;/h5-12,15H,14H2,1-4H3;9-11,14H,5-8H2,1-4H3;/q-1;;/b;12-9-;/i9D;;. The molecule has 0 aliphatic heterocycles. The van der Waals surface area contributed by atoms with Crippen LogP contribution in [0.5, 0.6) is 0 Å². The van der Waals surface area contributed by atoms with Crippen molar-refractivity contribution in [3.05, 3.63) is 83.9 Å². The number of ketones is 1. The molecule has 0 fully saturated rings. The molecule has 2 aromatic heterocycles. The zero-order chi connectivity index (χ0) is 32.9. The second-order valence-electron chi connectivity index (χ2n) is 12.8. The normalized spacial score (nSPS) is 12.4. The maximum absolute atomic E-state index is 11.7. The maximum atomic E-state index is 11.7.